The first-order valence-corrected chi connectivity index (χ1v) is 8.43. The molecule has 2 N–H and O–H groups in total. The van der Waals surface area contributed by atoms with Crippen LogP contribution in [0.2, 0.25) is 10.0 Å². The Morgan fingerprint density at radius 2 is 2.23 bits per heavy atom. The normalized spacial score (nSPS) is 18.3. The lowest BCUT2D eigenvalue weighted by atomic mass is 9.99. The minimum atomic E-state index is -0.0413. The highest BCUT2D eigenvalue weighted by molar-refractivity contribution is 6.35. The lowest BCUT2D eigenvalue weighted by Gasteiger charge is -2.31. The molecule has 0 aromatic heterocycles. The van der Waals surface area contributed by atoms with Crippen molar-refractivity contribution in [2.75, 3.05) is 26.2 Å². The van der Waals surface area contributed by atoms with Crippen molar-refractivity contribution in [3.8, 4) is 0 Å². The molecular weight excluding hydrogens is 323 g/mol. The number of aliphatic hydroxyl groups excluding tert-OH is 1. The summed E-state index contributed by atoms with van der Waals surface area (Å²) >= 11 is 12.0. The topological polar surface area (TPSA) is 52.6 Å². The van der Waals surface area contributed by atoms with Crippen molar-refractivity contribution in [1.29, 1.82) is 0 Å². The number of aryl methyl sites for hydroxylation is 1. The highest BCUT2D eigenvalue weighted by atomic mass is 35.5. The van der Waals surface area contributed by atoms with E-state index in [-0.39, 0.29) is 18.6 Å². The lowest BCUT2D eigenvalue weighted by Crippen LogP contribution is -2.46. The van der Waals surface area contributed by atoms with Crippen LogP contribution < -0.4 is 5.32 Å². The molecule has 2 rings (SSSR count). The molecule has 22 heavy (non-hydrogen) atoms. The average Bonchev–Trinajstić information content (AvgIpc) is 2.53. The molecule has 1 fully saturated rings. The molecule has 1 aliphatic rings. The van der Waals surface area contributed by atoms with Gasteiger partial charge in [0, 0.05) is 36.3 Å². The van der Waals surface area contributed by atoms with E-state index in [1.54, 1.807) is 11.0 Å². The number of hydrogen-bond donors (Lipinski definition) is 2. The number of benzene rings is 1. The van der Waals surface area contributed by atoms with Crippen LogP contribution in [0.25, 0.3) is 0 Å². The summed E-state index contributed by atoms with van der Waals surface area (Å²) in [5.41, 5.74) is 1.04. The molecule has 1 heterocycles. The van der Waals surface area contributed by atoms with E-state index >= 15 is 0 Å². The van der Waals surface area contributed by atoms with Gasteiger partial charge in [-0.2, -0.15) is 0 Å². The van der Waals surface area contributed by atoms with E-state index in [1.165, 1.54) is 0 Å². The van der Waals surface area contributed by atoms with Crippen LogP contribution >= 0.6 is 23.2 Å². The molecule has 0 saturated carbocycles. The van der Waals surface area contributed by atoms with E-state index in [2.05, 4.69) is 5.32 Å². The summed E-state index contributed by atoms with van der Waals surface area (Å²) in [6.45, 7) is 2.17. The van der Waals surface area contributed by atoms with Crippen molar-refractivity contribution in [1.82, 2.24) is 10.2 Å². The zero-order chi connectivity index (χ0) is 15.9. The van der Waals surface area contributed by atoms with Gasteiger partial charge in [-0.1, -0.05) is 29.3 Å². The van der Waals surface area contributed by atoms with Crippen LogP contribution in [0.1, 0.15) is 24.8 Å². The Kier molecular flexibility index (Phi) is 6.80. The van der Waals surface area contributed by atoms with Gasteiger partial charge in [0.1, 0.15) is 0 Å². The summed E-state index contributed by atoms with van der Waals surface area (Å²) in [7, 11) is 0. The fourth-order valence-electron chi connectivity index (χ4n) is 2.71. The molecule has 0 radical (unpaired) electrons. The molecule has 0 spiro atoms. The van der Waals surface area contributed by atoms with Crippen molar-refractivity contribution in [2.24, 2.45) is 5.92 Å². The summed E-state index contributed by atoms with van der Waals surface area (Å²) in [4.78, 5) is 13.9. The Morgan fingerprint density at radius 3 is 2.95 bits per heavy atom. The Bertz CT molecular complexity index is 511. The molecule has 1 aromatic carbocycles. The minimum Gasteiger partial charge on any atom is -0.396 e. The van der Waals surface area contributed by atoms with Crippen LogP contribution in [0.4, 0.5) is 4.79 Å². The molecule has 1 atom stereocenters. The Balaban J connectivity index is 1.70. The number of carbonyl (C=O) groups is 1. The molecule has 122 valence electrons. The van der Waals surface area contributed by atoms with Crippen molar-refractivity contribution < 1.29 is 9.90 Å². The summed E-state index contributed by atoms with van der Waals surface area (Å²) in [5, 5.41) is 13.4. The third kappa shape index (κ3) is 5.04. The molecule has 1 saturated heterocycles. The second kappa shape index (κ2) is 8.61. The summed E-state index contributed by atoms with van der Waals surface area (Å²) in [5.74, 6) is 0.215. The fraction of sp³-hybridized carbons (Fsp3) is 0.562. The number of urea groups is 1. The molecular formula is C16H22Cl2N2O2. The minimum absolute atomic E-state index is 0.0413. The first kappa shape index (κ1) is 17.4. The molecule has 2 amide bonds. The van der Waals surface area contributed by atoms with Gasteiger partial charge in [0.15, 0.2) is 0 Å². The van der Waals surface area contributed by atoms with Gasteiger partial charge in [-0.3, -0.25) is 0 Å². The molecule has 0 aliphatic carbocycles. The first-order chi connectivity index (χ1) is 10.6. The van der Waals surface area contributed by atoms with Crippen LogP contribution in [0.15, 0.2) is 18.2 Å². The maximum absolute atomic E-state index is 12.1. The van der Waals surface area contributed by atoms with Gasteiger partial charge in [0.05, 0.1) is 0 Å². The van der Waals surface area contributed by atoms with Crippen LogP contribution in [0, 0.1) is 5.92 Å². The lowest BCUT2D eigenvalue weighted by molar-refractivity contribution is 0.129. The third-order valence-electron chi connectivity index (χ3n) is 3.98. The maximum Gasteiger partial charge on any atom is 0.317 e. The van der Waals surface area contributed by atoms with Gasteiger partial charge < -0.3 is 15.3 Å². The van der Waals surface area contributed by atoms with E-state index in [0.29, 0.717) is 23.1 Å². The zero-order valence-corrected chi connectivity index (χ0v) is 14.0. The number of piperidine rings is 1. The number of amides is 2. The number of likely N-dealkylation sites (tertiary alicyclic amines) is 1. The number of carbonyl (C=O) groups excluding carboxylic acids is 1. The van der Waals surface area contributed by atoms with Gasteiger partial charge in [-0.25, -0.2) is 4.79 Å². The number of rotatable bonds is 5. The van der Waals surface area contributed by atoms with Gasteiger partial charge >= 0.3 is 6.03 Å². The molecule has 6 heteroatoms. The Morgan fingerprint density at radius 1 is 1.41 bits per heavy atom. The highest BCUT2D eigenvalue weighted by Crippen LogP contribution is 2.22. The Hall–Kier alpha value is -0.970. The number of nitrogens with zero attached hydrogens (tertiary/aromatic N) is 1. The average molecular weight is 345 g/mol. The van der Waals surface area contributed by atoms with E-state index in [4.69, 9.17) is 23.2 Å². The Labute approximate surface area is 141 Å². The zero-order valence-electron chi connectivity index (χ0n) is 12.5. The van der Waals surface area contributed by atoms with Crippen molar-refractivity contribution in [3.05, 3.63) is 33.8 Å². The van der Waals surface area contributed by atoms with Crippen LogP contribution in [0.3, 0.4) is 0 Å². The first-order valence-electron chi connectivity index (χ1n) is 7.67. The second-order valence-corrected chi connectivity index (χ2v) is 6.55. The quantitative estimate of drug-likeness (QED) is 0.805. The number of hydrogen-bond acceptors (Lipinski definition) is 2. The predicted molar refractivity (Wildman–Crippen MR) is 89.6 cm³/mol. The van der Waals surface area contributed by atoms with E-state index in [9.17, 15) is 9.90 Å². The van der Waals surface area contributed by atoms with E-state index in [1.807, 2.05) is 12.1 Å². The van der Waals surface area contributed by atoms with Crippen molar-refractivity contribution in [2.45, 2.75) is 25.7 Å². The van der Waals surface area contributed by atoms with Crippen LogP contribution in [-0.4, -0.2) is 42.3 Å². The molecule has 1 aromatic rings. The molecule has 4 nitrogen and oxygen atoms in total. The third-order valence-corrected chi connectivity index (χ3v) is 4.57. The van der Waals surface area contributed by atoms with Gasteiger partial charge in [-0.15, -0.1) is 0 Å². The van der Waals surface area contributed by atoms with Crippen molar-refractivity contribution >= 4 is 29.2 Å². The molecule has 1 unspecified atom stereocenters. The number of halogens is 2. The van der Waals surface area contributed by atoms with Gasteiger partial charge in [0.2, 0.25) is 0 Å². The predicted octanol–water partition coefficient (Wildman–Crippen LogP) is 3.34. The van der Waals surface area contributed by atoms with Crippen molar-refractivity contribution in [3.63, 3.8) is 0 Å². The number of nitrogens with one attached hydrogen (secondary N) is 1. The van der Waals surface area contributed by atoms with Crippen LogP contribution in [0.5, 0.6) is 0 Å². The van der Waals surface area contributed by atoms with E-state index in [0.717, 1.165) is 37.8 Å². The van der Waals surface area contributed by atoms with Gasteiger partial charge in [0.25, 0.3) is 0 Å². The maximum atomic E-state index is 12.1. The molecule has 0 bridgehead atoms. The monoisotopic (exact) mass is 344 g/mol. The molecule has 1 aliphatic heterocycles. The fourth-order valence-corrected chi connectivity index (χ4v) is 3.21. The number of aliphatic hydroxyl groups is 1. The standard InChI is InChI=1S/C16H22Cl2N2O2/c17-14-6-5-13(15(18)9-14)4-1-7-19-16(22)20-8-2-3-12(10-20)11-21/h5-6,9,12,21H,1-4,7-8,10-11H2,(H,19,22). The summed E-state index contributed by atoms with van der Waals surface area (Å²) < 4.78 is 0. The van der Waals surface area contributed by atoms with E-state index < -0.39 is 0 Å². The smallest absolute Gasteiger partial charge is 0.317 e. The largest absolute Gasteiger partial charge is 0.396 e. The summed E-state index contributed by atoms with van der Waals surface area (Å²) in [6, 6.07) is 5.44. The highest BCUT2D eigenvalue weighted by Gasteiger charge is 2.22. The van der Waals surface area contributed by atoms with Gasteiger partial charge in [-0.05, 0) is 49.3 Å². The van der Waals surface area contributed by atoms with Crippen LogP contribution in [-0.2, 0) is 6.42 Å². The second-order valence-electron chi connectivity index (χ2n) is 5.71. The summed E-state index contributed by atoms with van der Waals surface area (Å²) in [6.07, 6.45) is 3.58. The SMILES string of the molecule is O=C(NCCCc1ccc(Cl)cc1Cl)N1CCCC(CO)C1.